The summed E-state index contributed by atoms with van der Waals surface area (Å²) in [6.45, 7) is 0.570. The SMILES string of the molecule is NCC1(C2(O)CCC2)CCc2ccccc21. The van der Waals surface area contributed by atoms with Crippen molar-refractivity contribution in [2.24, 2.45) is 5.73 Å². The first kappa shape index (κ1) is 10.3. The maximum Gasteiger partial charge on any atom is 0.0756 e. The Labute approximate surface area is 96.5 Å². The monoisotopic (exact) mass is 217 g/mol. The molecule has 3 rings (SSSR count). The van der Waals surface area contributed by atoms with E-state index in [-0.39, 0.29) is 5.41 Å². The van der Waals surface area contributed by atoms with E-state index in [2.05, 4.69) is 24.3 Å². The first-order valence-corrected chi connectivity index (χ1v) is 6.23. The minimum atomic E-state index is -0.533. The summed E-state index contributed by atoms with van der Waals surface area (Å²) < 4.78 is 0. The lowest BCUT2D eigenvalue weighted by molar-refractivity contribution is -0.0987. The van der Waals surface area contributed by atoms with Crippen LogP contribution in [0.3, 0.4) is 0 Å². The number of hydrogen-bond acceptors (Lipinski definition) is 2. The maximum absolute atomic E-state index is 10.7. The highest BCUT2D eigenvalue weighted by molar-refractivity contribution is 5.43. The summed E-state index contributed by atoms with van der Waals surface area (Å²) >= 11 is 0. The third kappa shape index (κ3) is 1.09. The predicted octanol–water partition coefficient (Wildman–Crippen LogP) is 1.74. The first-order valence-electron chi connectivity index (χ1n) is 6.23. The Bertz CT molecular complexity index is 411. The molecule has 1 aromatic carbocycles. The van der Waals surface area contributed by atoms with Crippen LogP contribution in [0, 0.1) is 0 Å². The van der Waals surface area contributed by atoms with Crippen LogP contribution in [0.4, 0.5) is 0 Å². The zero-order valence-corrected chi connectivity index (χ0v) is 9.58. The summed E-state index contributed by atoms with van der Waals surface area (Å²) in [5.74, 6) is 0. The van der Waals surface area contributed by atoms with Gasteiger partial charge in [-0.05, 0) is 43.2 Å². The molecular formula is C14H19NO. The molecule has 0 radical (unpaired) electrons. The predicted molar refractivity (Wildman–Crippen MR) is 64.3 cm³/mol. The van der Waals surface area contributed by atoms with Gasteiger partial charge in [-0.25, -0.2) is 0 Å². The molecule has 1 saturated carbocycles. The minimum absolute atomic E-state index is 0.165. The Morgan fingerprint density at radius 3 is 2.56 bits per heavy atom. The fourth-order valence-electron chi connectivity index (χ4n) is 3.56. The van der Waals surface area contributed by atoms with Crippen molar-refractivity contribution < 1.29 is 5.11 Å². The third-order valence-corrected chi connectivity index (χ3v) is 4.77. The van der Waals surface area contributed by atoms with E-state index >= 15 is 0 Å². The maximum atomic E-state index is 10.7. The Kier molecular flexibility index (Phi) is 2.13. The van der Waals surface area contributed by atoms with Gasteiger partial charge < -0.3 is 10.8 Å². The highest BCUT2D eigenvalue weighted by Crippen LogP contribution is 2.53. The molecule has 3 N–H and O–H groups in total. The van der Waals surface area contributed by atoms with E-state index in [9.17, 15) is 5.11 Å². The Hall–Kier alpha value is -0.860. The van der Waals surface area contributed by atoms with E-state index in [1.165, 1.54) is 11.1 Å². The van der Waals surface area contributed by atoms with Crippen molar-refractivity contribution in [3.05, 3.63) is 35.4 Å². The molecule has 0 spiro atoms. The highest BCUT2D eigenvalue weighted by atomic mass is 16.3. The van der Waals surface area contributed by atoms with Gasteiger partial charge in [0.05, 0.1) is 5.60 Å². The number of rotatable bonds is 2. The van der Waals surface area contributed by atoms with Crippen LogP contribution in [0.25, 0.3) is 0 Å². The van der Waals surface area contributed by atoms with Crippen molar-refractivity contribution >= 4 is 0 Å². The molecule has 1 unspecified atom stereocenters. The standard InChI is InChI=1S/C14H19NO/c15-10-13(14(16)7-3-8-14)9-6-11-4-1-2-5-12(11)13/h1-2,4-5,16H,3,6-10,15H2. The van der Waals surface area contributed by atoms with Crippen LogP contribution in [0.1, 0.15) is 36.8 Å². The van der Waals surface area contributed by atoms with E-state index in [0.29, 0.717) is 6.54 Å². The number of aliphatic hydroxyl groups is 1. The molecular weight excluding hydrogens is 198 g/mol. The average molecular weight is 217 g/mol. The summed E-state index contributed by atoms with van der Waals surface area (Å²) in [5.41, 5.74) is 8.01. The quantitative estimate of drug-likeness (QED) is 0.792. The molecule has 0 heterocycles. The molecule has 0 bridgehead atoms. The fraction of sp³-hybridized carbons (Fsp3) is 0.571. The highest BCUT2D eigenvalue weighted by Gasteiger charge is 2.56. The first-order chi connectivity index (χ1) is 7.72. The number of nitrogens with two attached hydrogens (primary N) is 1. The van der Waals surface area contributed by atoms with Gasteiger partial charge in [0.1, 0.15) is 0 Å². The fourth-order valence-corrected chi connectivity index (χ4v) is 3.56. The molecule has 0 aromatic heterocycles. The zero-order valence-electron chi connectivity index (χ0n) is 9.58. The number of benzene rings is 1. The second-order valence-corrected chi connectivity index (χ2v) is 5.33. The molecule has 0 saturated heterocycles. The summed E-state index contributed by atoms with van der Waals surface area (Å²) in [4.78, 5) is 0. The van der Waals surface area contributed by atoms with Gasteiger partial charge in [-0.1, -0.05) is 24.3 Å². The van der Waals surface area contributed by atoms with Crippen molar-refractivity contribution in [2.75, 3.05) is 6.54 Å². The van der Waals surface area contributed by atoms with E-state index < -0.39 is 5.60 Å². The van der Waals surface area contributed by atoms with E-state index in [4.69, 9.17) is 5.73 Å². The average Bonchev–Trinajstić information content (AvgIpc) is 2.66. The molecule has 86 valence electrons. The van der Waals surface area contributed by atoms with Gasteiger partial charge >= 0.3 is 0 Å². The van der Waals surface area contributed by atoms with Gasteiger partial charge in [0, 0.05) is 12.0 Å². The molecule has 1 atom stereocenters. The lowest BCUT2D eigenvalue weighted by atomic mass is 9.58. The summed E-state index contributed by atoms with van der Waals surface area (Å²) in [5, 5.41) is 10.7. The molecule has 1 fully saturated rings. The molecule has 0 aliphatic heterocycles. The van der Waals surface area contributed by atoms with Gasteiger partial charge in [-0.2, -0.15) is 0 Å². The van der Waals surface area contributed by atoms with Crippen molar-refractivity contribution in [3.8, 4) is 0 Å². The van der Waals surface area contributed by atoms with Crippen LogP contribution < -0.4 is 5.73 Å². The van der Waals surface area contributed by atoms with Crippen LogP contribution in [-0.2, 0) is 11.8 Å². The molecule has 2 aliphatic rings. The van der Waals surface area contributed by atoms with Crippen molar-refractivity contribution in [2.45, 2.75) is 43.1 Å². The van der Waals surface area contributed by atoms with Gasteiger partial charge in [0.2, 0.25) is 0 Å². The Morgan fingerprint density at radius 2 is 1.94 bits per heavy atom. The Balaban J connectivity index is 2.11. The normalized spacial score (nSPS) is 30.9. The van der Waals surface area contributed by atoms with E-state index in [0.717, 1.165) is 32.1 Å². The molecule has 0 amide bonds. The zero-order chi connectivity index (χ0) is 11.2. The Morgan fingerprint density at radius 1 is 1.19 bits per heavy atom. The van der Waals surface area contributed by atoms with E-state index in [1.807, 2.05) is 0 Å². The van der Waals surface area contributed by atoms with Crippen LogP contribution in [-0.4, -0.2) is 17.3 Å². The number of aryl methyl sites for hydroxylation is 1. The molecule has 2 nitrogen and oxygen atoms in total. The topological polar surface area (TPSA) is 46.2 Å². The number of fused-ring (bicyclic) bond motifs is 1. The third-order valence-electron chi connectivity index (χ3n) is 4.77. The summed E-state index contributed by atoms with van der Waals surface area (Å²) in [7, 11) is 0. The van der Waals surface area contributed by atoms with Crippen LogP contribution >= 0.6 is 0 Å². The van der Waals surface area contributed by atoms with Gasteiger partial charge in [0.25, 0.3) is 0 Å². The summed E-state index contributed by atoms with van der Waals surface area (Å²) in [6, 6.07) is 8.48. The lowest BCUT2D eigenvalue weighted by Crippen LogP contribution is -2.58. The molecule has 2 aliphatic carbocycles. The van der Waals surface area contributed by atoms with Crippen molar-refractivity contribution in [3.63, 3.8) is 0 Å². The van der Waals surface area contributed by atoms with Crippen molar-refractivity contribution in [1.29, 1.82) is 0 Å². The van der Waals surface area contributed by atoms with Crippen LogP contribution in [0.2, 0.25) is 0 Å². The molecule has 1 aromatic rings. The van der Waals surface area contributed by atoms with Gasteiger partial charge in [0.15, 0.2) is 0 Å². The lowest BCUT2D eigenvalue weighted by Gasteiger charge is -2.51. The second kappa shape index (κ2) is 3.31. The minimum Gasteiger partial charge on any atom is -0.389 e. The van der Waals surface area contributed by atoms with Gasteiger partial charge in [-0.3, -0.25) is 0 Å². The summed E-state index contributed by atoms with van der Waals surface area (Å²) in [6.07, 6.45) is 5.05. The molecule has 2 heteroatoms. The van der Waals surface area contributed by atoms with Crippen LogP contribution in [0.5, 0.6) is 0 Å². The molecule has 16 heavy (non-hydrogen) atoms. The largest absolute Gasteiger partial charge is 0.389 e. The number of hydrogen-bond donors (Lipinski definition) is 2. The van der Waals surface area contributed by atoms with Crippen LogP contribution in [0.15, 0.2) is 24.3 Å². The van der Waals surface area contributed by atoms with E-state index in [1.54, 1.807) is 0 Å². The smallest absolute Gasteiger partial charge is 0.0756 e. The van der Waals surface area contributed by atoms with Gasteiger partial charge in [-0.15, -0.1) is 0 Å². The van der Waals surface area contributed by atoms with Crippen molar-refractivity contribution in [1.82, 2.24) is 0 Å². The second-order valence-electron chi connectivity index (χ2n) is 5.33.